The van der Waals surface area contributed by atoms with Crippen LogP contribution in [0.4, 0.5) is 0 Å². The zero-order valence-electron chi connectivity index (χ0n) is 15.0. The molecule has 1 fully saturated rings. The standard InChI is InChI=1S/C21H23NO5/c23-20(16-6-4-7-17(14-16)21(24)25)22(15-19-10-5-12-26-19)11-13-27-18-8-2-1-3-9-18/h1-4,6-9,14,19H,5,10-13,15H2,(H,24,25)/t19-/m1/s1. The summed E-state index contributed by atoms with van der Waals surface area (Å²) in [5.74, 6) is -0.525. The lowest BCUT2D eigenvalue weighted by atomic mass is 10.1. The van der Waals surface area contributed by atoms with Crippen LogP contribution in [0, 0.1) is 0 Å². The average molecular weight is 369 g/mol. The molecule has 1 N–H and O–H groups in total. The van der Waals surface area contributed by atoms with Crippen LogP contribution in [-0.4, -0.2) is 54.3 Å². The summed E-state index contributed by atoms with van der Waals surface area (Å²) in [7, 11) is 0. The van der Waals surface area contributed by atoms with Crippen LogP contribution in [0.15, 0.2) is 54.6 Å². The average Bonchev–Trinajstić information content (AvgIpc) is 3.21. The van der Waals surface area contributed by atoms with Crippen LogP contribution in [0.25, 0.3) is 0 Å². The lowest BCUT2D eigenvalue weighted by Crippen LogP contribution is -2.40. The Bertz CT molecular complexity index is 771. The molecule has 0 unspecified atom stereocenters. The van der Waals surface area contributed by atoms with Gasteiger partial charge in [0.25, 0.3) is 5.91 Å². The molecule has 1 amide bonds. The van der Waals surface area contributed by atoms with E-state index in [2.05, 4.69) is 0 Å². The van der Waals surface area contributed by atoms with Crippen molar-refractivity contribution in [2.24, 2.45) is 0 Å². The fourth-order valence-corrected chi connectivity index (χ4v) is 3.07. The number of nitrogens with zero attached hydrogens (tertiary/aromatic N) is 1. The van der Waals surface area contributed by atoms with E-state index in [4.69, 9.17) is 14.6 Å². The highest BCUT2D eigenvalue weighted by atomic mass is 16.5. The maximum atomic E-state index is 13.0. The molecule has 1 aliphatic rings. The molecule has 2 aromatic carbocycles. The molecule has 142 valence electrons. The fourth-order valence-electron chi connectivity index (χ4n) is 3.07. The van der Waals surface area contributed by atoms with Gasteiger partial charge in [0.1, 0.15) is 12.4 Å². The van der Waals surface area contributed by atoms with Crippen LogP contribution in [0.5, 0.6) is 5.75 Å². The number of rotatable bonds is 8. The van der Waals surface area contributed by atoms with Crippen molar-refractivity contribution in [3.05, 3.63) is 65.7 Å². The number of amides is 1. The molecule has 1 heterocycles. The first-order chi connectivity index (χ1) is 13.1. The zero-order chi connectivity index (χ0) is 19.1. The van der Waals surface area contributed by atoms with E-state index in [9.17, 15) is 9.59 Å². The molecule has 0 radical (unpaired) electrons. The summed E-state index contributed by atoms with van der Waals surface area (Å²) in [5, 5.41) is 9.16. The number of carbonyl (C=O) groups excluding carboxylic acids is 1. The molecule has 27 heavy (non-hydrogen) atoms. The Morgan fingerprint density at radius 3 is 2.59 bits per heavy atom. The Balaban J connectivity index is 1.69. The third-order valence-electron chi connectivity index (χ3n) is 4.46. The lowest BCUT2D eigenvalue weighted by molar-refractivity contribution is 0.0493. The van der Waals surface area contributed by atoms with Crippen LogP contribution in [0.3, 0.4) is 0 Å². The number of para-hydroxylation sites is 1. The molecule has 6 nitrogen and oxygen atoms in total. The number of carboxylic acids is 1. The molecule has 3 rings (SSSR count). The Morgan fingerprint density at radius 2 is 1.89 bits per heavy atom. The number of aromatic carboxylic acids is 1. The predicted molar refractivity (Wildman–Crippen MR) is 100 cm³/mol. The molecule has 0 aliphatic carbocycles. The van der Waals surface area contributed by atoms with Crippen molar-refractivity contribution in [2.75, 3.05) is 26.3 Å². The van der Waals surface area contributed by atoms with Gasteiger partial charge in [-0.05, 0) is 43.2 Å². The second kappa shape index (κ2) is 9.19. The minimum Gasteiger partial charge on any atom is -0.492 e. The second-order valence-corrected chi connectivity index (χ2v) is 6.43. The predicted octanol–water partition coefficient (Wildman–Crippen LogP) is 3.09. The Labute approximate surface area is 158 Å². The molecule has 6 heteroatoms. The minimum absolute atomic E-state index is 0.00771. The lowest BCUT2D eigenvalue weighted by Gasteiger charge is -2.25. The van der Waals surface area contributed by atoms with E-state index >= 15 is 0 Å². The number of carbonyl (C=O) groups is 2. The summed E-state index contributed by atoms with van der Waals surface area (Å²) in [4.78, 5) is 25.8. The van der Waals surface area contributed by atoms with Crippen molar-refractivity contribution in [1.82, 2.24) is 4.90 Å². The van der Waals surface area contributed by atoms with E-state index in [-0.39, 0.29) is 17.6 Å². The maximum absolute atomic E-state index is 13.0. The SMILES string of the molecule is O=C(O)c1cccc(C(=O)N(CCOc2ccccc2)C[C@H]2CCCO2)c1. The number of hydrogen-bond acceptors (Lipinski definition) is 4. The third-order valence-corrected chi connectivity index (χ3v) is 4.46. The molecule has 1 aliphatic heterocycles. The topological polar surface area (TPSA) is 76.1 Å². The highest BCUT2D eigenvalue weighted by Gasteiger charge is 2.24. The van der Waals surface area contributed by atoms with Gasteiger partial charge >= 0.3 is 5.97 Å². The third kappa shape index (κ3) is 5.31. The first-order valence-corrected chi connectivity index (χ1v) is 9.05. The molecule has 0 aromatic heterocycles. The fraction of sp³-hybridized carbons (Fsp3) is 0.333. The Hall–Kier alpha value is -2.86. The van der Waals surface area contributed by atoms with Crippen LogP contribution in [0.1, 0.15) is 33.6 Å². The zero-order valence-corrected chi connectivity index (χ0v) is 15.0. The largest absolute Gasteiger partial charge is 0.492 e. The van der Waals surface area contributed by atoms with Gasteiger partial charge in [-0.15, -0.1) is 0 Å². The number of ether oxygens (including phenoxy) is 2. The van der Waals surface area contributed by atoms with E-state index in [0.717, 1.165) is 18.6 Å². The van der Waals surface area contributed by atoms with Crippen molar-refractivity contribution in [2.45, 2.75) is 18.9 Å². The molecule has 0 bridgehead atoms. The molecule has 2 aromatic rings. The van der Waals surface area contributed by atoms with Crippen molar-refractivity contribution in [1.29, 1.82) is 0 Å². The Morgan fingerprint density at radius 1 is 1.11 bits per heavy atom. The van der Waals surface area contributed by atoms with E-state index in [0.29, 0.717) is 31.9 Å². The second-order valence-electron chi connectivity index (χ2n) is 6.43. The van der Waals surface area contributed by atoms with E-state index in [1.54, 1.807) is 17.0 Å². The first kappa shape index (κ1) is 18.9. The normalized spacial score (nSPS) is 16.1. The van der Waals surface area contributed by atoms with Crippen molar-refractivity contribution in [3.63, 3.8) is 0 Å². The minimum atomic E-state index is -1.05. The molecule has 1 saturated heterocycles. The van der Waals surface area contributed by atoms with Gasteiger partial charge in [0.05, 0.1) is 18.2 Å². The Kier molecular flexibility index (Phi) is 6.44. The van der Waals surface area contributed by atoms with E-state index in [1.165, 1.54) is 12.1 Å². The highest BCUT2D eigenvalue weighted by Crippen LogP contribution is 2.16. The summed E-state index contributed by atoms with van der Waals surface area (Å²) < 4.78 is 11.4. The van der Waals surface area contributed by atoms with E-state index in [1.807, 2.05) is 30.3 Å². The van der Waals surface area contributed by atoms with Gasteiger partial charge in [-0.2, -0.15) is 0 Å². The summed E-state index contributed by atoms with van der Waals surface area (Å²) in [6, 6.07) is 15.5. The van der Waals surface area contributed by atoms with Gasteiger partial charge in [0.15, 0.2) is 0 Å². The van der Waals surface area contributed by atoms with Gasteiger partial charge in [-0.1, -0.05) is 24.3 Å². The van der Waals surface area contributed by atoms with Crippen molar-refractivity contribution >= 4 is 11.9 Å². The molecule has 0 saturated carbocycles. The number of benzene rings is 2. The summed E-state index contributed by atoms with van der Waals surface area (Å²) in [5.41, 5.74) is 0.450. The van der Waals surface area contributed by atoms with Crippen LogP contribution < -0.4 is 4.74 Å². The monoisotopic (exact) mass is 369 g/mol. The van der Waals surface area contributed by atoms with Gasteiger partial charge in [-0.3, -0.25) is 4.79 Å². The summed E-state index contributed by atoms with van der Waals surface area (Å²) in [6.07, 6.45) is 1.91. The molecule has 0 spiro atoms. The number of carboxylic acid groups (broad SMARTS) is 1. The summed E-state index contributed by atoms with van der Waals surface area (Å²) >= 11 is 0. The smallest absolute Gasteiger partial charge is 0.335 e. The number of hydrogen-bond donors (Lipinski definition) is 1. The van der Waals surface area contributed by atoms with Crippen molar-refractivity contribution in [3.8, 4) is 5.75 Å². The summed E-state index contributed by atoms with van der Waals surface area (Å²) in [6.45, 7) is 1.92. The first-order valence-electron chi connectivity index (χ1n) is 9.05. The van der Waals surface area contributed by atoms with Gasteiger partial charge < -0.3 is 19.5 Å². The highest BCUT2D eigenvalue weighted by molar-refractivity contribution is 5.97. The maximum Gasteiger partial charge on any atom is 0.335 e. The van der Waals surface area contributed by atoms with Gasteiger partial charge in [0.2, 0.25) is 0 Å². The van der Waals surface area contributed by atoms with Crippen LogP contribution in [0.2, 0.25) is 0 Å². The van der Waals surface area contributed by atoms with Crippen LogP contribution in [-0.2, 0) is 4.74 Å². The van der Waals surface area contributed by atoms with Gasteiger partial charge in [-0.25, -0.2) is 4.79 Å². The quantitative estimate of drug-likeness (QED) is 0.774. The van der Waals surface area contributed by atoms with E-state index < -0.39 is 5.97 Å². The van der Waals surface area contributed by atoms with Crippen LogP contribution >= 0.6 is 0 Å². The molecular weight excluding hydrogens is 346 g/mol. The van der Waals surface area contributed by atoms with Crippen molar-refractivity contribution < 1.29 is 24.2 Å². The molecular formula is C21H23NO5. The molecule has 1 atom stereocenters. The van der Waals surface area contributed by atoms with Gasteiger partial charge in [0, 0.05) is 18.7 Å².